The van der Waals surface area contributed by atoms with Gasteiger partial charge in [0.15, 0.2) is 0 Å². The lowest BCUT2D eigenvalue weighted by Crippen LogP contribution is -2.01. The van der Waals surface area contributed by atoms with Crippen molar-refractivity contribution in [3.63, 3.8) is 0 Å². The molecule has 0 saturated carbocycles. The van der Waals surface area contributed by atoms with Gasteiger partial charge < -0.3 is 9.84 Å². The van der Waals surface area contributed by atoms with Gasteiger partial charge in [-0.25, -0.2) is 4.39 Å². The van der Waals surface area contributed by atoms with Gasteiger partial charge in [-0.3, -0.25) is 10.1 Å². The Bertz CT molecular complexity index is 598. The molecule has 0 fully saturated rings. The van der Waals surface area contributed by atoms with Gasteiger partial charge >= 0.3 is 0 Å². The molecule has 0 bridgehead atoms. The normalized spacial score (nSPS) is 10.2. The number of phenolic OH excluding ortho intramolecular Hbond substituents is 1. The van der Waals surface area contributed by atoms with Crippen molar-refractivity contribution < 1.29 is 19.2 Å². The molecular formula is C13H10FNO4. The number of hydrogen-bond acceptors (Lipinski definition) is 4. The van der Waals surface area contributed by atoms with Gasteiger partial charge in [-0.15, -0.1) is 0 Å². The lowest BCUT2D eigenvalue weighted by atomic mass is 10.2. The predicted molar refractivity (Wildman–Crippen MR) is 65.5 cm³/mol. The Labute approximate surface area is 108 Å². The van der Waals surface area contributed by atoms with Crippen molar-refractivity contribution in [3.8, 4) is 11.5 Å². The predicted octanol–water partition coefficient (Wildman–Crippen LogP) is 3.02. The number of nitrogens with zero attached hydrogens (tertiary/aromatic N) is 1. The maximum absolute atomic E-state index is 13.1. The molecule has 19 heavy (non-hydrogen) atoms. The fourth-order valence-electron chi connectivity index (χ4n) is 1.55. The van der Waals surface area contributed by atoms with Crippen LogP contribution in [0.4, 0.5) is 10.1 Å². The lowest BCUT2D eigenvalue weighted by molar-refractivity contribution is -0.385. The largest absolute Gasteiger partial charge is 0.508 e. The van der Waals surface area contributed by atoms with Gasteiger partial charge in [-0.1, -0.05) is 0 Å². The third-order valence-electron chi connectivity index (χ3n) is 2.47. The van der Waals surface area contributed by atoms with E-state index in [9.17, 15) is 14.5 Å². The first kappa shape index (κ1) is 12.8. The molecule has 0 heterocycles. The van der Waals surface area contributed by atoms with E-state index in [1.165, 1.54) is 24.3 Å². The highest BCUT2D eigenvalue weighted by Crippen LogP contribution is 2.22. The lowest BCUT2D eigenvalue weighted by Gasteiger charge is -2.07. The molecule has 1 N–H and O–H groups in total. The molecule has 2 aromatic carbocycles. The summed E-state index contributed by atoms with van der Waals surface area (Å²) < 4.78 is 18.4. The van der Waals surface area contributed by atoms with E-state index in [2.05, 4.69) is 0 Å². The fraction of sp³-hybridized carbons (Fsp3) is 0.0769. The summed E-state index contributed by atoms with van der Waals surface area (Å²) >= 11 is 0. The Morgan fingerprint density at radius 1 is 1.21 bits per heavy atom. The first-order valence-electron chi connectivity index (χ1n) is 5.41. The van der Waals surface area contributed by atoms with E-state index in [4.69, 9.17) is 9.84 Å². The molecule has 6 heteroatoms. The molecule has 5 nitrogen and oxygen atoms in total. The molecule has 98 valence electrons. The van der Waals surface area contributed by atoms with E-state index in [1.54, 1.807) is 0 Å². The number of aromatic hydroxyl groups is 1. The zero-order chi connectivity index (χ0) is 13.8. The minimum absolute atomic E-state index is 0.0871. The summed E-state index contributed by atoms with van der Waals surface area (Å²) in [4.78, 5) is 10.2. The minimum Gasteiger partial charge on any atom is -0.508 e. The number of nitro groups is 1. The highest BCUT2D eigenvalue weighted by molar-refractivity contribution is 5.40. The number of phenols is 1. The van der Waals surface area contributed by atoms with Crippen molar-refractivity contribution in [1.29, 1.82) is 0 Å². The SMILES string of the molecule is O=[N+]([O-])c1ccc(F)cc1COc1ccc(O)cc1. The van der Waals surface area contributed by atoms with Crippen molar-refractivity contribution in [2.45, 2.75) is 6.61 Å². The molecule has 0 aromatic heterocycles. The van der Waals surface area contributed by atoms with Gasteiger partial charge in [-0.05, 0) is 36.4 Å². The number of halogens is 1. The van der Waals surface area contributed by atoms with Gasteiger partial charge in [0.1, 0.15) is 23.9 Å². The third-order valence-corrected chi connectivity index (χ3v) is 2.47. The van der Waals surface area contributed by atoms with Crippen molar-refractivity contribution >= 4 is 5.69 Å². The molecule has 0 unspecified atom stereocenters. The summed E-state index contributed by atoms with van der Waals surface area (Å²) in [6.45, 7) is -0.126. The first-order chi connectivity index (χ1) is 9.06. The molecular weight excluding hydrogens is 253 g/mol. The second-order valence-corrected chi connectivity index (χ2v) is 3.81. The standard InChI is InChI=1S/C13H10FNO4/c14-10-1-6-13(15(17)18)9(7-10)8-19-12-4-2-11(16)3-5-12/h1-7,16H,8H2. The molecule has 2 rings (SSSR count). The van der Waals surface area contributed by atoms with Crippen LogP contribution in [0, 0.1) is 15.9 Å². The van der Waals surface area contributed by atoms with Gasteiger partial charge in [-0.2, -0.15) is 0 Å². The molecule has 0 aliphatic rings. The number of ether oxygens (including phenoxy) is 1. The summed E-state index contributed by atoms with van der Waals surface area (Å²) in [6.07, 6.45) is 0. The van der Waals surface area contributed by atoms with Gasteiger partial charge in [0.2, 0.25) is 0 Å². The molecule has 0 aliphatic heterocycles. The highest BCUT2D eigenvalue weighted by Gasteiger charge is 2.14. The number of nitro benzene ring substituents is 1. The van der Waals surface area contributed by atoms with Gasteiger partial charge in [0.05, 0.1) is 10.5 Å². The van der Waals surface area contributed by atoms with E-state index in [0.29, 0.717) is 5.75 Å². The maximum atomic E-state index is 13.1. The monoisotopic (exact) mass is 263 g/mol. The number of hydrogen-bond donors (Lipinski definition) is 1. The summed E-state index contributed by atoms with van der Waals surface area (Å²) in [7, 11) is 0. The van der Waals surface area contributed by atoms with E-state index in [1.807, 2.05) is 0 Å². The Hall–Kier alpha value is -2.63. The average Bonchev–Trinajstić information content (AvgIpc) is 2.38. The van der Waals surface area contributed by atoms with Crippen LogP contribution >= 0.6 is 0 Å². The van der Waals surface area contributed by atoms with Crippen LogP contribution in [0.15, 0.2) is 42.5 Å². The smallest absolute Gasteiger partial charge is 0.276 e. The zero-order valence-electron chi connectivity index (χ0n) is 9.75. The van der Waals surface area contributed by atoms with Crippen molar-refractivity contribution in [2.24, 2.45) is 0 Å². The summed E-state index contributed by atoms with van der Waals surface area (Å²) in [6, 6.07) is 9.08. The maximum Gasteiger partial charge on any atom is 0.276 e. The van der Waals surface area contributed by atoms with E-state index in [-0.39, 0.29) is 23.6 Å². The molecule has 0 radical (unpaired) electrons. The zero-order valence-corrected chi connectivity index (χ0v) is 9.75. The summed E-state index contributed by atoms with van der Waals surface area (Å²) in [5, 5.41) is 19.9. The van der Waals surface area contributed by atoms with Gasteiger partial charge in [0, 0.05) is 6.07 Å². The van der Waals surface area contributed by atoms with Crippen molar-refractivity contribution in [3.05, 3.63) is 64.0 Å². The van der Waals surface area contributed by atoms with Crippen LogP contribution < -0.4 is 4.74 Å². The van der Waals surface area contributed by atoms with Crippen LogP contribution in [0.5, 0.6) is 11.5 Å². The van der Waals surface area contributed by atoms with Crippen LogP contribution in [-0.4, -0.2) is 10.0 Å². The van der Waals surface area contributed by atoms with E-state index < -0.39 is 10.7 Å². The number of benzene rings is 2. The Kier molecular flexibility index (Phi) is 3.61. The van der Waals surface area contributed by atoms with Crippen molar-refractivity contribution in [1.82, 2.24) is 0 Å². The van der Waals surface area contributed by atoms with Crippen LogP contribution in [0.2, 0.25) is 0 Å². The van der Waals surface area contributed by atoms with E-state index in [0.717, 1.165) is 18.2 Å². The highest BCUT2D eigenvalue weighted by atomic mass is 19.1. The molecule has 0 amide bonds. The summed E-state index contributed by atoms with van der Waals surface area (Å²) in [5.41, 5.74) is -0.0433. The Morgan fingerprint density at radius 2 is 1.89 bits per heavy atom. The van der Waals surface area contributed by atoms with E-state index >= 15 is 0 Å². The molecule has 0 saturated heterocycles. The molecule has 0 atom stereocenters. The summed E-state index contributed by atoms with van der Waals surface area (Å²) in [5.74, 6) is -0.0460. The second-order valence-electron chi connectivity index (χ2n) is 3.81. The minimum atomic E-state index is -0.588. The van der Waals surface area contributed by atoms with Gasteiger partial charge in [0.25, 0.3) is 5.69 Å². The average molecular weight is 263 g/mol. The topological polar surface area (TPSA) is 72.6 Å². The quantitative estimate of drug-likeness (QED) is 0.679. The molecule has 0 spiro atoms. The first-order valence-corrected chi connectivity index (χ1v) is 5.41. The number of rotatable bonds is 4. The van der Waals surface area contributed by atoms with Crippen molar-refractivity contribution in [2.75, 3.05) is 0 Å². The Balaban J connectivity index is 2.16. The fourth-order valence-corrected chi connectivity index (χ4v) is 1.55. The molecule has 0 aliphatic carbocycles. The van der Waals surface area contributed by atoms with Crippen LogP contribution in [-0.2, 0) is 6.61 Å². The van der Waals surface area contributed by atoms with Crippen LogP contribution in [0.1, 0.15) is 5.56 Å². The van der Waals surface area contributed by atoms with Crippen LogP contribution in [0.3, 0.4) is 0 Å². The van der Waals surface area contributed by atoms with Crippen LogP contribution in [0.25, 0.3) is 0 Å². The Morgan fingerprint density at radius 3 is 2.53 bits per heavy atom. The second kappa shape index (κ2) is 5.34. The third kappa shape index (κ3) is 3.19. The molecule has 2 aromatic rings.